The number of benzene rings is 1. The van der Waals surface area contributed by atoms with Crippen LogP contribution in [0, 0.1) is 5.82 Å². The third-order valence-electron chi connectivity index (χ3n) is 4.83. The van der Waals surface area contributed by atoms with Gasteiger partial charge in [-0.1, -0.05) is 0 Å². The Bertz CT molecular complexity index is 749. The van der Waals surface area contributed by atoms with Crippen LogP contribution in [0.4, 0.5) is 10.2 Å². The molecule has 128 valence electrons. The molecular formula is C17H20FN3O3. The van der Waals surface area contributed by atoms with Crippen LogP contribution in [-0.2, 0) is 9.47 Å². The number of hydrogen-bond acceptors (Lipinski definition) is 6. The Morgan fingerprint density at radius 1 is 1.33 bits per heavy atom. The Morgan fingerprint density at radius 2 is 2.25 bits per heavy atom. The lowest BCUT2D eigenvalue weighted by atomic mass is 9.89. The predicted octanol–water partition coefficient (Wildman–Crippen LogP) is 2.53. The lowest BCUT2D eigenvalue weighted by Crippen LogP contribution is -2.45. The van der Waals surface area contributed by atoms with E-state index in [1.807, 2.05) is 0 Å². The van der Waals surface area contributed by atoms with E-state index in [4.69, 9.17) is 14.2 Å². The van der Waals surface area contributed by atoms with Crippen LogP contribution in [0.15, 0.2) is 18.5 Å². The van der Waals surface area contributed by atoms with E-state index in [1.165, 1.54) is 13.4 Å². The van der Waals surface area contributed by atoms with Gasteiger partial charge in [0.15, 0.2) is 11.6 Å². The van der Waals surface area contributed by atoms with Crippen molar-refractivity contribution in [1.29, 1.82) is 0 Å². The molecule has 1 aromatic carbocycles. The van der Waals surface area contributed by atoms with E-state index in [0.717, 1.165) is 25.9 Å². The molecule has 7 heteroatoms. The summed E-state index contributed by atoms with van der Waals surface area (Å²) in [4.78, 5) is 8.37. The van der Waals surface area contributed by atoms with Crippen LogP contribution in [0.25, 0.3) is 10.9 Å². The molecule has 0 radical (unpaired) electrons. The number of rotatable bonds is 3. The highest BCUT2D eigenvalue weighted by molar-refractivity contribution is 5.90. The van der Waals surface area contributed by atoms with Crippen LogP contribution in [0.3, 0.4) is 0 Å². The van der Waals surface area contributed by atoms with Gasteiger partial charge >= 0.3 is 0 Å². The van der Waals surface area contributed by atoms with E-state index in [9.17, 15) is 4.39 Å². The van der Waals surface area contributed by atoms with E-state index in [0.29, 0.717) is 24.4 Å². The zero-order valence-electron chi connectivity index (χ0n) is 13.5. The summed E-state index contributed by atoms with van der Waals surface area (Å²) in [5.41, 5.74) is 0.0746. The topological polar surface area (TPSA) is 65.5 Å². The number of halogens is 1. The van der Waals surface area contributed by atoms with Gasteiger partial charge in [0.1, 0.15) is 17.7 Å². The third kappa shape index (κ3) is 2.67. The Kier molecular flexibility index (Phi) is 3.97. The van der Waals surface area contributed by atoms with Gasteiger partial charge in [0, 0.05) is 31.1 Å². The number of aromatic nitrogens is 2. The summed E-state index contributed by atoms with van der Waals surface area (Å²) in [6.45, 7) is 2.07. The van der Waals surface area contributed by atoms with Crippen molar-refractivity contribution in [2.24, 2.45) is 0 Å². The second kappa shape index (κ2) is 6.14. The summed E-state index contributed by atoms with van der Waals surface area (Å²) in [5, 5.41) is 4.10. The van der Waals surface area contributed by atoms with Gasteiger partial charge in [-0.25, -0.2) is 14.4 Å². The highest BCUT2D eigenvalue weighted by Gasteiger charge is 2.41. The quantitative estimate of drug-likeness (QED) is 0.931. The van der Waals surface area contributed by atoms with Crippen LogP contribution in [0.1, 0.15) is 19.3 Å². The molecule has 1 spiro atoms. The number of hydrogen-bond donors (Lipinski definition) is 1. The van der Waals surface area contributed by atoms with Crippen molar-refractivity contribution in [3.63, 3.8) is 0 Å². The monoisotopic (exact) mass is 333 g/mol. The minimum atomic E-state index is -0.465. The van der Waals surface area contributed by atoms with E-state index in [2.05, 4.69) is 15.3 Å². The maximum atomic E-state index is 14.4. The Morgan fingerprint density at radius 3 is 3.04 bits per heavy atom. The molecule has 4 rings (SSSR count). The number of fused-ring (bicyclic) bond motifs is 1. The molecule has 2 atom stereocenters. The molecule has 1 aromatic heterocycles. The van der Waals surface area contributed by atoms with E-state index in [1.54, 1.807) is 12.1 Å². The second-order valence-corrected chi connectivity index (χ2v) is 6.37. The summed E-state index contributed by atoms with van der Waals surface area (Å²) < 4.78 is 30.9. The molecule has 0 aliphatic carbocycles. The van der Waals surface area contributed by atoms with Crippen LogP contribution < -0.4 is 10.1 Å². The van der Waals surface area contributed by atoms with Gasteiger partial charge in [-0.2, -0.15) is 0 Å². The normalized spacial score (nSPS) is 26.8. The fourth-order valence-electron chi connectivity index (χ4n) is 3.56. The van der Waals surface area contributed by atoms with Gasteiger partial charge in [0.25, 0.3) is 0 Å². The number of nitrogens with one attached hydrogen (secondary N) is 1. The number of anilines is 1. The molecule has 2 aliphatic heterocycles. The van der Waals surface area contributed by atoms with Crippen molar-refractivity contribution in [2.75, 3.05) is 32.2 Å². The van der Waals surface area contributed by atoms with Gasteiger partial charge < -0.3 is 19.5 Å². The molecule has 1 N–H and O–H groups in total. The summed E-state index contributed by atoms with van der Waals surface area (Å²) in [7, 11) is 1.44. The maximum absolute atomic E-state index is 14.4. The van der Waals surface area contributed by atoms with Crippen molar-refractivity contribution in [3.05, 3.63) is 24.3 Å². The molecule has 2 saturated heterocycles. The predicted molar refractivity (Wildman–Crippen MR) is 86.8 cm³/mol. The van der Waals surface area contributed by atoms with Crippen LogP contribution in [-0.4, -0.2) is 48.5 Å². The Balaban J connectivity index is 1.61. The summed E-state index contributed by atoms with van der Waals surface area (Å²) in [5.74, 6) is 0.357. The first-order chi connectivity index (χ1) is 11.7. The highest BCUT2D eigenvalue weighted by atomic mass is 19.1. The highest BCUT2D eigenvalue weighted by Crippen LogP contribution is 2.35. The minimum absolute atomic E-state index is 0.181. The van der Waals surface area contributed by atoms with E-state index >= 15 is 0 Å². The molecule has 0 saturated carbocycles. The zero-order chi connectivity index (χ0) is 16.6. The molecule has 3 heterocycles. The summed E-state index contributed by atoms with van der Waals surface area (Å²) in [6, 6.07) is 3.60. The third-order valence-corrected chi connectivity index (χ3v) is 4.83. The van der Waals surface area contributed by atoms with E-state index in [-0.39, 0.29) is 22.9 Å². The van der Waals surface area contributed by atoms with Crippen molar-refractivity contribution in [2.45, 2.75) is 30.9 Å². The average Bonchev–Trinajstić information content (AvgIpc) is 3.03. The summed E-state index contributed by atoms with van der Waals surface area (Å²) in [6.07, 6.45) is 4.03. The molecule has 2 aliphatic rings. The fraction of sp³-hybridized carbons (Fsp3) is 0.529. The lowest BCUT2D eigenvalue weighted by Gasteiger charge is -2.37. The van der Waals surface area contributed by atoms with Gasteiger partial charge in [-0.15, -0.1) is 0 Å². The fourth-order valence-corrected chi connectivity index (χ4v) is 3.56. The number of ether oxygens (including phenoxy) is 3. The van der Waals surface area contributed by atoms with Gasteiger partial charge in [-0.3, -0.25) is 0 Å². The van der Waals surface area contributed by atoms with Crippen LogP contribution >= 0.6 is 0 Å². The van der Waals surface area contributed by atoms with Crippen molar-refractivity contribution < 1.29 is 18.6 Å². The largest absolute Gasteiger partial charge is 0.494 e. The minimum Gasteiger partial charge on any atom is -0.494 e. The Labute approximate surface area is 139 Å². The molecule has 24 heavy (non-hydrogen) atoms. The van der Waals surface area contributed by atoms with Crippen molar-refractivity contribution >= 4 is 16.7 Å². The number of methoxy groups -OCH3 is 1. The lowest BCUT2D eigenvalue weighted by molar-refractivity contribution is -0.0828. The molecule has 0 amide bonds. The Hall–Kier alpha value is -1.99. The first kappa shape index (κ1) is 15.5. The maximum Gasteiger partial charge on any atom is 0.191 e. The van der Waals surface area contributed by atoms with Gasteiger partial charge in [-0.05, 0) is 25.0 Å². The molecule has 0 bridgehead atoms. The second-order valence-electron chi connectivity index (χ2n) is 6.37. The SMILES string of the molecule is COc1ccc2c(NC3CCOC4(CCOC4)C3)ncnc2c1F. The molecule has 2 fully saturated rings. The molecular weight excluding hydrogens is 313 g/mol. The first-order valence-corrected chi connectivity index (χ1v) is 8.16. The number of nitrogens with zero attached hydrogens (tertiary/aromatic N) is 2. The molecule has 2 unspecified atom stereocenters. The first-order valence-electron chi connectivity index (χ1n) is 8.16. The standard InChI is InChI=1S/C17H20FN3O3/c1-22-13-3-2-12-15(14(13)18)19-10-20-16(12)21-11-4-6-24-17(8-11)5-7-23-9-17/h2-3,10-11H,4-9H2,1H3,(H,19,20,21). The van der Waals surface area contributed by atoms with Gasteiger partial charge in [0.2, 0.25) is 0 Å². The smallest absolute Gasteiger partial charge is 0.191 e. The van der Waals surface area contributed by atoms with Crippen LogP contribution in [0.5, 0.6) is 5.75 Å². The van der Waals surface area contributed by atoms with Gasteiger partial charge in [0.05, 0.1) is 19.3 Å². The van der Waals surface area contributed by atoms with E-state index < -0.39 is 5.82 Å². The molecule has 6 nitrogen and oxygen atoms in total. The zero-order valence-corrected chi connectivity index (χ0v) is 13.5. The summed E-state index contributed by atoms with van der Waals surface area (Å²) >= 11 is 0. The van der Waals surface area contributed by atoms with Crippen molar-refractivity contribution in [3.8, 4) is 5.75 Å². The molecule has 2 aromatic rings. The van der Waals surface area contributed by atoms with Crippen LogP contribution in [0.2, 0.25) is 0 Å². The van der Waals surface area contributed by atoms with Crippen molar-refractivity contribution in [1.82, 2.24) is 9.97 Å². The average molecular weight is 333 g/mol.